The fraction of sp³-hybridized carbons (Fsp3) is 0.111. The van der Waals surface area contributed by atoms with Gasteiger partial charge in [-0.3, -0.25) is 4.79 Å². The van der Waals surface area contributed by atoms with Crippen LogP contribution >= 0.6 is 35.0 Å². The molecular formula is C18H12Cl2N2O3S. The Balaban J connectivity index is 1.63. The molecule has 26 heavy (non-hydrogen) atoms. The van der Waals surface area contributed by atoms with Crippen LogP contribution in [0.2, 0.25) is 10.0 Å². The van der Waals surface area contributed by atoms with Crippen LogP contribution in [0.25, 0.3) is 6.08 Å². The maximum Gasteiger partial charge on any atom is 0.264 e. The van der Waals surface area contributed by atoms with Crippen LogP contribution in [0.4, 0.5) is 5.69 Å². The summed E-state index contributed by atoms with van der Waals surface area (Å²) in [6, 6.07) is 8.87. The number of amides is 1. The normalized spacial score (nSPS) is 18.7. The molecule has 0 atom stereocenters. The van der Waals surface area contributed by atoms with Gasteiger partial charge in [-0.25, -0.2) is 4.99 Å². The highest BCUT2D eigenvalue weighted by Crippen LogP contribution is 2.39. The summed E-state index contributed by atoms with van der Waals surface area (Å²) >= 11 is 13.5. The van der Waals surface area contributed by atoms with E-state index in [1.807, 2.05) is 13.0 Å². The van der Waals surface area contributed by atoms with Crippen LogP contribution < -0.4 is 14.8 Å². The number of thioether (sulfide) groups is 1. The Morgan fingerprint density at radius 3 is 2.77 bits per heavy atom. The van der Waals surface area contributed by atoms with Crippen molar-refractivity contribution in [3.63, 3.8) is 0 Å². The second kappa shape index (κ2) is 6.87. The summed E-state index contributed by atoms with van der Waals surface area (Å²) in [5, 5.41) is 4.31. The van der Waals surface area contributed by atoms with E-state index in [9.17, 15) is 4.79 Å². The van der Waals surface area contributed by atoms with Crippen molar-refractivity contribution in [1.29, 1.82) is 0 Å². The minimum atomic E-state index is -0.234. The van der Waals surface area contributed by atoms with Crippen molar-refractivity contribution in [2.24, 2.45) is 4.99 Å². The van der Waals surface area contributed by atoms with Crippen molar-refractivity contribution in [2.45, 2.75) is 6.92 Å². The average Bonchev–Trinajstić information content (AvgIpc) is 3.18. The van der Waals surface area contributed by atoms with Gasteiger partial charge in [0, 0.05) is 11.1 Å². The SMILES string of the molecule is Cc1ccc(Cl)cc1N=C1NC(=O)/C(=C/c2cc3c(cc2Cl)OCO3)S1. The second-order valence-electron chi connectivity index (χ2n) is 5.64. The number of halogens is 2. The van der Waals surface area contributed by atoms with E-state index in [4.69, 9.17) is 32.7 Å². The Morgan fingerprint density at radius 2 is 1.96 bits per heavy atom. The summed E-state index contributed by atoms with van der Waals surface area (Å²) in [5.41, 5.74) is 2.35. The van der Waals surface area contributed by atoms with Crippen LogP contribution in [0.3, 0.4) is 0 Å². The molecule has 2 aliphatic rings. The number of ether oxygens (including phenoxy) is 2. The Morgan fingerprint density at radius 1 is 1.19 bits per heavy atom. The van der Waals surface area contributed by atoms with Gasteiger partial charge in [-0.1, -0.05) is 29.3 Å². The fourth-order valence-electron chi connectivity index (χ4n) is 2.48. The van der Waals surface area contributed by atoms with E-state index in [-0.39, 0.29) is 12.7 Å². The number of carbonyl (C=O) groups is 1. The third-order valence-electron chi connectivity index (χ3n) is 3.82. The number of hydrogen-bond donors (Lipinski definition) is 1. The Labute approximate surface area is 164 Å². The number of rotatable bonds is 2. The molecule has 4 rings (SSSR count). The molecule has 1 saturated heterocycles. The van der Waals surface area contributed by atoms with Crippen LogP contribution in [0, 0.1) is 6.92 Å². The summed E-state index contributed by atoms with van der Waals surface area (Å²) in [5.74, 6) is 0.967. The first-order valence-electron chi connectivity index (χ1n) is 7.64. The number of aryl methyl sites for hydroxylation is 1. The largest absolute Gasteiger partial charge is 0.454 e. The quantitative estimate of drug-likeness (QED) is 0.718. The number of aliphatic imine (C=N–C) groups is 1. The van der Waals surface area contributed by atoms with Crippen molar-refractivity contribution in [2.75, 3.05) is 6.79 Å². The van der Waals surface area contributed by atoms with E-state index in [1.165, 1.54) is 11.8 Å². The van der Waals surface area contributed by atoms with E-state index < -0.39 is 0 Å². The standard InChI is InChI=1S/C18H12Cl2N2O3S/c1-9-2-3-11(19)6-13(9)21-18-22-17(23)16(26-18)5-10-4-14-15(7-12(10)20)25-8-24-14/h2-7H,8H2,1H3,(H,21,22,23)/b16-5-. The van der Waals surface area contributed by atoms with Gasteiger partial charge >= 0.3 is 0 Å². The van der Waals surface area contributed by atoms with Gasteiger partial charge in [0.05, 0.1) is 15.6 Å². The van der Waals surface area contributed by atoms with Gasteiger partial charge < -0.3 is 14.8 Å². The van der Waals surface area contributed by atoms with Gasteiger partial charge in [0.25, 0.3) is 5.91 Å². The summed E-state index contributed by atoms with van der Waals surface area (Å²) < 4.78 is 10.6. The van der Waals surface area contributed by atoms with Crippen LogP contribution in [-0.4, -0.2) is 17.9 Å². The van der Waals surface area contributed by atoms with E-state index >= 15 is 0 Å². The molecule has 2 heterocycles. The smallest absolute Gasteiger partial charge is 0.264 e. The fourth-order valence-corrected chi connectivity index (χ4v) is 3.68. The van der Waals surface area contributed by atoms with Gasteiger partial charge in [-0.05, 0) is 54.1 Å². The number of nitrogens with one attached hydrogen (secondary N) is 1. The number of amidine groups is 1. The van der Waals surface area contributed by atoms with Gasteiger partial charge in [-0.15, -0.1) is 0 Å². The lowest BCUT2D eigenvalue weighted by Gasteiger charge is -2.02. The predicted molar refractivity (Wildman–Crippen MR) is 105 cm³/mol. The van der Waals surface area contributed by atoms with Crippen LogP contribution in [-0.2, 0) is 4.79 Å². The van der Waals surface area contributed by atoms with E-state index in [1.54, 1.807) is 30.3 Å². The van der Waals surface area contributed by atoms with Crippen molar-refractivity contribution in [1.82, 2.24) is 5.32 Å². The van der Waals surface area contributed by atoms with Crippen LogP contribution in [0.5, 0.6) is 11.5 Å². The third-order valence-corrected chi connectivity index (χ3v) is 5.29. The summed E-state index contributed by atoms with van der Waals surface area (Å²) in [6.07, 6.45) is 1.71. The molecule has 0 saturated carbocycles. The molecule has 8 heteroatoms. The Hall–Kier alpha value is -2.15. The molecule has 1 amide bonds. The molecule has 0 unspecified atom stereocenters. The summed E-state index contributed by atoms with van der Waals surface area (Å²) in [6.45, 7) is 2.09. The molecule has 132 valence electrons. The number of benzene rings is 2. The topological polar surface area (TPSA) is 59.9 Å². The molecule has 0 radical (unpaired) electrons. The minimum absolute atomic E-state index is 0.163. The highest BCUT2D eigenvalue weighted by atomic mass is 35.5. The first kappa shape index (κ1) is 17.3. The van der Waals surface area contributed by atoms with Gasteiger partial charge in [-0.2, -0.15) is 0 Å². The Kier molecular flexibility index (Phi) is 4.56. The molecule has 0 spiro atoms. The molecule has 5 nitrogen and oxygen atoms in total. The molecule has 1 N–H and O–H groups in total. The minimum Gasteiger partial charge on any atom is -0.454 e. The lowest BCUT2D eigenvalue weighted by molar-refractivity contribution is -0.115. The molecule has 1 fully saturated rings. The van der Waals surface area contributed by atoms with Gasteiger partial charge in [0.1, 0.15) is 0 Å². The monoisotopic (exact) mass is 406 g/mol. The zero-order chi connectivity index (χ0) is 18.3. The zero-order valence-electron chi connectivity index (χ0n) is 13.5. The maximum atomic E-state index is 12.3. The van der Waals surface area contributed by atoms with Crippen molar-refractivity contribution in [3.05, 3.63) is 56.4 Å². The molecule has 0 aliphatic carbocycles. The zero-order valence-corrected chi connectivity index (χ0v) is 15.8. The van der Waals surface area contributed by atoms with Crippen LogP contribution in [0.15, 0.2) is 40.2 Å². The van der Waals surface area contributed by atoms with Gasteiger partial charge in [0.15, 0.2) is 16.7 Å². The van der Waals surface area contributed by atoms with Crippen molar-refractivity contribution in [3.8, 4) is 11.5 Å². The van der Waals surface area contributed by atoms with E-state index in [0.29, 0.717) is 42.9 Å². The third kappa shape index (κ3) is 3.40. The van der Waals surface area contributed by atoms with E-state index in [2.05, 4.69) is 10.3 Å². The van der Waals surface area contributed by atoms with E-state index in [0.717, 1.165) is 5.56 Å². The molecule has 2 aliphatic heterocycles. The first-order chi connectivity index (χ1) is 12.5. The highest BCUT2D eigenvalue weighted by molar-refractivity contribution is 8.18. The predicted octanol–water partition coefficient (Wildman–Crippen LogP) is 4.92. The molecular weight excluding hydrogens is 395 g/mol. The molecule has 2 aromatic carbocycles. The lowest BCUT2D eigenvalue weighted by atomic mass is 10.2. The number of fused-ring (bicyclic) bond motifs is 1. The number of nitrogens with zero attached hydrogens (tertiary/aromatic N) is 1. The number of hydrogen-bond acceptors (Lipinski definition) is 5. The molecule has 2 aromatic rings. The van der Waals surface area contributed by atoms with Crippen molar-refractivity contribution < 1.29 is 14.3 Å². The van der Waals surface area contributed by atoms with Gasteiger partial charge in [0.2, 0.25) is 6.79 Å². The maximum absolute atomic E-state index is 12.3. The average molecular weight is 407 g/mol. The molecule has 0 aromatic heterocycles. The molecule has 0 bridgehead atoms. The first-order valence-corrected chi connectivity index (χ1v) is 9.22. The Bertz CT molecular complexity index is 989. The van der Waals surface area contributed by atoms with Crippen molar-refractivity contribution >= 4 is 57.8 Å². The highest BCUT2D eigenvalue weighted by Gasteiger charge is 2.25. The summed E-state index contributed by atoms with van der Waals surface area (Å²) in [4.78, 5) is 17.2. The lowest BCUT2D eigenvalue weighted by Crippen LogP contribution is -2.19. The number of carbonyl (C=O) groups excluding carboxylic acids is 1. The van der Waals surface area contributed by atoms with Crippen LogP contribution in [0.1, 0.15) is 11.1 Å². The second-order valence-corrected chi connectivity index (χ2v) is 7.51. The summed E-state index contributed by atoms with van der Waals surface area (Å²) in [7, 11) is 0.